The van der Waals surface area contributed by atoms with Crippen LogP contribution in [-0.2, 0) is 16.6 Å². The van der Waals surface area contributed by atoms with E-state index in [1.165, 1.54) is 0 Å². The monoisotopic (exact) mass is 392 g/mol. The van der Waals surface area contributed by atoms with Crippen molar-refractivity contribution in [3.05, 3.63) is 28.2 Å². The van der Waals surface area contributed by atoms with Gasteiger partial charge in [0, 0.05) is 29.9 Å². The predicted molar refractivity (Wildman–Crippen MR) is 92.2 cm³/mol. The lowest BCUT2D eigenvalue weighted by Gasteiger charge is -2.20. The first kappa shape index (κ1) is 17.3. The lowest BCUT2D eigenvalue weighted by atomic mass is 10.2. The third-order valence-corrected chi connectivity index (χ3v) is 7.30. The number of halogens is 1. The molecule has 0 aliphatic carbocycles. The predicted octanol–water partition coefficient (Wildman–Crippen LogP) is 2.69. The molecule has 7 heteroatoms. The molecule has 1 heterocycles. The zero-order valence-electron chi connectivity index (χ0n) is 12.1. The highest BCUT2D eigenvalue weighted by Crippen LogP contribution is 2.27. The Morgan fingerprint density at radius 2 is 2.14 bits per heavy atom. The van der Waals surface area contributed by atoms with Gasteiger partial charge in [-0.2, -0.15) is 16.1 Å². The van der Waals surface area contributed by atoms with E-state index in [9.17, 15) is 8.42 Å². The van der Waals surface area contributed by atoms with E-state index in [2.05, 4.69) is 21.2 Å². The minimum atomic E-state index is -3.40. The molecule has 2 rings (SSSR count). The number of hydrogen-bond donors (Lipinski definition) is 1. The Morgan fingerprint density at radius 1 is 1.33 bits per heavy atom. The molecule has 1 aliphatic rings. The number of nitrogens with zero attached hydrogens (tertiary/aromatic N) is 1. The van der Waals surface area contributed by atoms with Crippen LogP contribution in [0.15, 0.2) is 27.6 Å². The third-order valence-electron chi connectivity index (χ3n) is 3.37. The average molecular weight is 393 g/mol. The first-order chi connectivity index (χ1) is 10.1. The molecule has 1 N–H and O–H groups in total. The first-order valence-electron chi connectivity index (χ1n) is 7.12. The highest BCUT2D eigenvalue weighted by molar-refractivity contribution is 9.10. The van der Waals surface area contributed by atoms with Crippen LogP contribution < -0.4 is 5.32 Å². The average Bonchev–Trinajstić information content (AvgIpc) is 2.74. The molecule has 118 valence electrons. The molecule has 0 amide bonds. The van der Waals surface area contributed by atoms with Crippen molar-refractivity contribution in [2.75, 3.05) is 31.1 Å². The van der Waals surface area contributed by atoms with Crippen LogP contribution >= 0.6 is 27.7 Å². The van der Waals surface area contributed by atoms with E-state index < -0.39 is 10.0 Å². The van der Waals surface area contributed by atoms with Crippen molar-refractivity contribution in [2.45, 2.75) is 24.8 Å². The van der Waals surface area contributed by atoms with Crippen LogP contribution in [0.4, 0.5) is 0 Å². The Hall–Kier alpha value is -0.0800. The quantitative estimate of drug-likeness (QED) is 0.836. The third kappa shape index (κ3) is 4.45. The van der Waals surface area contributed by atoms with Crippen LogP contribution in [0.3, 0.4) is 0 Å². The fraction of sp³-hybridized carbons (Fsp3) is 0.571. The highest BCUT2D eigenvalue weighted by atomic mass is 79.9. The van der Waals surface area contributed by atoms with Gasteiger partial charge in [0.2, 0.25) is 10.0 Å². The maximum absolute atomic E-state index is 12.8. The molecule has 1 aromatic carbocycles. The molecular weight excluding hydrogens is 372 g/mol. The van der Waals surface area contributed by atoms with Gasteiger partial charge in [-0.15, -0.1) is 0 Å². The molecule has 1 saturated heterocycles. The van der Waals surface area contributed by atoms with Crippen LogP contribution in [0.1, 0.15) is 18.9 Å². The van der Waals surface area contributed by atoms with E-state index in [0.29, 0.717) is 22.5 Å². The Labute approximate surface area is 139 Å². The van der Waals surface area contributed by atoms with Gasteiger partial charge >= 0.3 is 0 Å². The van der Waals surface area contributed by atoms with Crippen LogP contribution in [0.5, 0.6) is 0 Å². The number of hydrogen-bond acceptors (Lipinski definition) is 4. The standard InChI is InChI=1S/C14H21BrN2O2S2/c1-2-16-11-12-4-5-14(13(15)10-12)21(18,19)17-6-3-8-20-9-7-17/h4-5,10,16H,2-3,6-9,11H2,1H3. The Morgan fingerprint density at radius 3 is 2.86 bits per heavy atom. The van der Waals surface area contributed by atoms with Gasteiger partial charge in [0.05, 0.1) is 4.90 Å². The van der Waals surface area contributed by atoms with Gasteiger partial charge < -0.3 is 5.32 Å². The fourth-order valence-corrected chi connectivity index (χ4v) is 5.80. The summed E-state index contributed by atoms with van der Waals surface area (Å²) in [4.78, 5) is 0.370. The summed E-state index contributed by atoms with van der Waals surface area (Å²) in [5.41, 5.74) is 1.08. The maximum atomic E-state index is 12.8. The van der Waals surface area contributed by atoms with Crippen molar-refractivity contribution in [1.29, 1.82) is 0 Å². The molecule has 1 fully saturated rings. The SMILES string of the molecule is CCNCc1ccc(S(=O)(=O)N2CCCSCC2)c(Br)c1. The molecule has 4 nitrogen and oxygen atoms in total. The molecule has 0 radical (unpaired) electrons. The summed E-state index contributed by atoms with van der Waals surface area (Å²) in [7, 11) is -3.40. The van der Waals surface area contributed by atoms with Gasteiger partial charge in [0.15, 0.2) is 0 Å². The molecule has 0 unspecified atom stereocenters. The van der Waals surface area contributed by atoms with E-state index in [1.807, 2.05) is 30.8 Å². The van der Waals surface area contributed by atoms with Crippen LogP contribution in [0.2, 0.25) is 0 Å². The second-order valence-electron chi connectivity index (χ2n) is 4.92. The minimum Gasteiger partial charge on any atom is -0.313 e. The summed E-state index contributed by atoms with van der Waals surface area (Å²) in [5.74, 6) is 1.91. The highest BCUT2D eigenvalue weighted by Gasteiger charge is 2.27. The summed E-state index contributed by atoms with van der Waals surface area (Å²) in [5, 5.41) is 3.24. The number of nitrogens with one attached hydrogen (secondary N) is 1. The Balaban J connectivity index is 2.22. The normalized spacial score (nSPS) is 17.6. The van der Waals surface area contributed by atoms with Crippen LogP contribution in [-0.4, -0.2) is 43.9 Å². The van der Waals surface area contributed by atoms with E-state index in [1.54, 1.807) is 10.4 Å². The first-order valence-corrected chi connectivity index (χ1v) is 10.5. The van der Waals surface area contributed by atoms with Gasteiger partial charge in [0.1, 0.15) is 0 Å². The molecule has 0 saturated carbocycles. The molecular formula is C14H21BrN2O2S2. The van der Waals surface area contributed by atoms with Gasteiger partial charge in [0.25, 0.3) is 0 Å². The van der Waals surface area contributed by atoms with Crippen LogP contribution in [0.25, 0.3) is 0 Å². The van der Waals surface area contributed by atoms with Gasteiger partial charge in [-0.25, -0.2) is 8.42 Å². The van der Waals surface area contributed by atoms with Gasteiger partial charge in [-0.1, -0.05) is 13.0 Å². The van der Waals surface area contributed by atoms with Crippen molar-refractivity contribution < 1.29 is 8.42 Å². The fourth-order valence-electron chi connectivity index (χ4n) is 2.24. The van der Waals surface area contributed by atoms with Crippen molar-refractivity contribution in [3.8, 4) is 0 Å². The number of rotatable bonds is 5. The molecule has 21 heavy (non-hydrogen) atoms. The largest absolute Gasteiger partial charge is 0.313 e. The zero-order chi connectivity index (χ0) is 15.3. The van der Waals surface area contributed by atoms with E-state index in [0.717, 1.165) is 36.6 Å². The number of sulfonamides is 1. The number of thioether (sulfide) groups is 1. The van der Waals surface area contributed by atoms with Gasteiger partial charge in [-0.3, -0.25) is 0 Å². The molecule has 0 spiro atoms. The van der Waals surface area contributed by atoms with Crippen LogP contribution in [0, 0.1) is 0 Å². The minimum absolute atomic E-state index is 0.370. The van der Waals surface area contributed by atoms with E-state index >= 15 is 0 Å². The van der Waals surface area contributed by atoms with Crippen molar-refractivity contribution >= 4 is 37.7 Å². The Bertz CT molecular complexity index is 570. The molecule has 0 atom stereocenters. The smallest absolute Gasteiger partial charge is 0.244 e. The van der Waals surface area contributed by atoms with Gasteiger partial charge in [-0.05, 0) is 52.3 Å². The Kier molecular flexibility index (Phi) is 6.55. The summed E-state index contributed by atoms with van der Waals surface area (Å²) >= 11 is 5.24. The number of benzene rings is 1. The molecule has 1 aromatic rings. The topological polar surface area (TPSA) is 49.4 Å². The lowest BCUT2D eigenvalue weighted by molar-refractivity contribution is 0.434. The maximum Gasteiger partial charge on any atom is 0.244 e. The van der Waals surface area contributed by atoms with E-state index in [-0.39, 0.29) is 0 Å². The molecule has 1 aliphatic heterocycles. The summed E-state index contributed by atoms with van der Waals surface area (Å²) < 4.78 is 27.8. The second-order valence-corrected chi connectivity index (χ2v) is 8.90. The molecule has 0 bridgehead atoms. The zero-order valence-corrected chi connectivity index (χ0v) is 15.4. The van der Waals surface area contributed by atoms with Crippen molar-refractivity contribution in [1.82, 2.24) is 9.62 Å². The van der Waals surface area contributed by atoms with Crippen molar-refractivity contribution in [3.63, 3.8) is 0 Å². The summed E-state index contributed by atoms with van der Waals surface area (Å²) in [6, 6.07) is 5.49. The summed E-state index contributed by atoms with van der Waals surface area (Å²) in [6.07, 6.45) is 0.917. The summed E-state index contributed by atoms with van der Waals surface area (Å²) in [6.45, 7) is 4.89. The van der Waals surface area contributed by atoms with Crippen molar-refractivity contribution in [2.24, 2.45) is 0 Å². The molecule has 0 aromatic heterocycles. The second kappa shape index (κ2) is 7.97. The van der Waals surface area contributed by atoms with E-state index in [4.69, 9.17) is 0 Å². The lowest BCUT2D eigenvalue weighted by Crippen LogP contribution is -2.33.